The third-order valence-electron chi connectivity index (χ3n) is 4.70. The first kappa shape index (κ1) is 16.3. The van der Waals surface area contributed by atoms with Crippen molar-refractivity contribution in [2.75, 3.05) is 40.8 Å². The highest BCUT2D eigenvalue weighted by atomic mass is 16.5. The van der Waals surface area contributed by atoms with E-state index in [1.165, 1.54) is 24.0 Å². The van der Waals surface area contributed by atoms with Gasteiger partial charge < -0.3 is 15.4 Å². The van der Waals surface area contributed by atoms with E-state index in [0.29, 0.717) is 18.6 Å². The molecule has 1 aromatic rings. The number of piperidine rings is 1. The summed E-state index contributed by atoms with van der Waals surface area (Å²) in [6, 6.07) is 7.45. The minimum atomic E-state index is 0.317. The first-order valence-corrected chi connectivity index (χ1v) is 7.82. The molecule has 118 valence electrons. The van der Waals surface area contributed by atoms with Gasteiger partial charge in [-0.2, -0.15) is 0 Å². The Hall–Kier alpha value is -1.10. The fraction of sp³-hybridized carbons (Fsp3) is 0.647. The zero-order valence-electron chi connectivity index (χ0n) is 13.8. The number of rotatable bonds is 5. The maximum Gasteiger partial charge on any atom is 0.121 e. The van der Waals surface area contributed by atoms with Gasteiger partial charge in [-0.05, 0) is 51.1 Å². The van der Waals surface area contributed by atoms with Crippen LogP contribution < -0.4 is 10.5 Å². The van der Waals surface area contributed by atoms with Crippen molar-refractivity contribution in [2.45, 2.75) is 31.8 Å². The van der Waals surface area contributed by atoms with E-state index in [1.54, 1.807) is 7.11 Å². The lowest BCUT2D eigenvalue weighted by atomic mass is 9.97. The Morgan fingerprint density at radius 2 is 2.00 bits per heavy atom. The van der Waals surface area contributed by atoms with E-state index in [1.807, 2.05) is 0 Å². The minimum absolute atomic E-state index is 0.317. The standard InChI is InChI=1S/C17H29N3O/c1-13-11-14(5-6-17(13)21-4)16(12-18)20-9-7-15(8-10-20)19(2)3/h5-6,11,15-16H,7-10,12,18H2,1-4H3. The predicted molar refractivity (Wildman–Crippen MR) is 87.8 cm³/mol. The fourth-order valence-corrected chi connectivity index (χ4v) is 3.32. The summed E-state index contributed by atoms with van der Waals surface area (Å²) >= 11 is 0. The summed E-state index contributed by atoms with van der Waals surface area (Å²) in [6.07, 6.45) is 2.44. The van der Waals surface area contributed by atoms with Gasteiger partial charge in [0.25, 0.3) is 0 Å². The number of ether oxygens (including phenoxy) is 1. The molecule has 0 spiro atoms. The number of nitrogens with zero attached hydrogens (tertiary/aromatic N) is 2. The first-order valence-electron chi connectivity index (χ1n) is 7.82. The molecule has 4 heteroatoms. The first-order chi connectivity index (χ1) is 10.1. The lowest BCUT2D eigenvalue weighted by Crippen LogP contribution is -2.45. The maximum absolute atomic E-state index is 6.07. The average molecular weight is 291 g/mol. The molecule has 1 aromatic carbocycles. The van der Waals surface area contributed by atoms with Crippen LogP contribution in [0.1, 0.15) is 30.0 Å². The Bertz CT molecular complexity index is 453. The van der Waals surface area contributed by atoms with Gasteiger partial charge in [0.05, 0.1) is 7.11 Å². The molecule has 1 saturated heterocycles. The number of methoxy groups -OCH3 is 1. The molecule has 1 heterocycles. The van der Waals surface area contributed by atoms with Gasteiger partial charge in [0.1, 0.15) is 5.75 Å². The third-order valence-corrected chi connectivity index (χ3v) is 4.70. The number of hydrogen-bond donors (Lipinski definition) is 1. The summed E-state index contributed by atoms with van der Waals surface area (Å²) in [5.74, 6) is 0.945. The van der Waals surface area contributed by atoms with Crippen molar-refractivity contribution >= 4 is 0 Å². The Morgan fingerprint density at radius 1 is 1.33 bits per heavy atom. The number of nitrogens with two attached hydrogens (primary N) is 1. The van der Waals surface area contributed by atoms with E-state index in [2.05, 4.69) is 49.0 Å². The zero-order valence-corrected chi connectivity index (χ0v) is 13.8. The lowest BCUT2D eigenvalue weighted by molar-refractivity contribution is 0.111. The SMILES string of the molecule is COc1ccc(C(CN)N2CCC(N(C)C)CC2)cc1C. The molecule has 4 nitrogen and oxygen atoms in total. The highest BCUT2D eigenvalue weighted by Crippen LogP contribution is 2.28. The van der Waals surface area contributed by atoms with Gasteiger partial charge in [0.15, 0.2) is 0 Å². The van der Waals surface area contributed by atoms with Crippen molar-refractivity contribution in [3.05, 3.63) is 29.3 Å². The van der Waals surface area contributed by atoms with Crippen LogP contribution in [0.25, 0.3) is 0 Å². The van der Waals surface area contributed by atoms with E-state index >= 15 is 0 Å². The molecule has 0 saturated carbocycles. The van der Waals surface area contributed by atoms with Crippen molar-refractivity contribution in [3.8, 4) is 5.75 Å². The van der Waals surface area contributed by atoms with Gasteiger partial charge in [0.2, 0.25) is 0 Å². The van der Waals surface area contributed by atoms with Gasteiger partial charge in [-0.25, -0.2) is 0 Å². The highest BCUT2D eigenvalue weighted by Gasteiger charge is 2.26. The van der Waals surface area contributed by atoms with Crippen molar-refractivity contribution in [3.63, 3.8) is 0 Å². The number of likely N-dealkylation sites (tertiary alicyclic amines) is 1. The van der Waals surface area contributed by atoms with Crippen LogP contribution in [0.2, 0.25) is 0 Å². The molecule has 0 bridgehead atoms. The summed E-state index contributed by atoms with van der Waals surface area (Å²) in [5.41, 5.74) is 8.55. The second-order valence-electron chi connectivity index (χ2n) is 6.21. The minimum Gasteiger partial charge on any atom is -0.496 e. The van der Waals surface area contributed by atoms with Gasteiger partial charge in [-0.15, -0.1) is 0 Å². The number of benzene rings is 1. The molecule has 1 fully saturated rings. The molecule has 1 atom stereocenters. The molecule has 0 aromatic heterocycles. The average Bonchev–Trinajstić information content (AvgIpc) is 2.49. The topological polar surface area (TPSA) is 41.7 Å². The summed E-state index contributed by atoms with van der Waals surface area (Å²) in [4.78, 5) is 4.87. The second-order valence-corrected chi connectivity index (χ2v) is 6.21. The van der Waals surface area contributed by atoms with Gasteiger partial charge in [-0.3, -0.25) is 4.90 Å². The molecular weight excluding hydrogens is 262 g/mol. The smallest absolute Gasteiger partial charge is 0.121 e. The maximum atomic E-state index is 6.07. The molecule has 2 rings (SSSR count). The van der Waals surface area contributed by atoms with Crippen molar-refractivity contribution in [1.29, 1.82) is 0 Å². The van der Waals surface area contributed by atoms with Crippen LogP contribution in [0.15, 0.2) is 18.2 Å². The quantitative estimate of drug-likeness (QED) is 0.901. The van der Waals surface area contributed by atoms with Crippen molar-refractivity contribution < 1.29 is 4.74 Å². The van der Waals surface area contributed by atoms with Crippen LogP contribution in [-0.2, 0) is 0 Å². The predicted octanol–water partition coefficient (Wildman–Crippen LogP) is 2.03. The molecule has 0 aliphatic carbocycles. The molecule has 1 aliphatic rings. The molecule has 0 amide bonds. The van der Waals surface area contributed by atoms with Crippen LogP contribution in [0.4, 0.5) is 0 Å². The van der Waals surface area contributed by atoms with Gasteiger partial charge in [-0.1, -0.05) is 12.1 Å². The Labute approximate surface area is 128 Å². The monoisotopic (exact) mass is 291 g/mol. The van der Waals surface area contributed by atoms with E-state index in [4.69, 9.17) is 10.5 Å². The normalized spacial score (nSPS) is 19.0. The summed E-state index contributed by atoms with van der Waals surface area (Å²) in [7, 11) is 6.07. The molecule has 1 aliphatic heterocycles. The number of aryl methyl sites for hydroxylation is 1. The van der Waals surface area contributed by atoms with Crippen molar-refractivity contribution in [2.24, 2.45) is 5.73 Å². The second kappa shape index (κ2) is 7.25. The molecular formula is C17H29N3O. The largest absolute Gasteiger partial charge is 0.496 e. The van der Waals surface area contributed by atoms with E-state index in [-0.39, 0.29) is 0 Å². The van der Waals surface area contributed by atoms with Crippen LogP contribution in [0, 0.1) is 6.92 Å². The van der Waals surface area contributed by atoms with E-state index in [0.717, 1.165) is 18.8 Å². The van der Waals surface area contributed by atoms with Gasteiger partial charge in [0, 0.05) is 31.7 Å². The molecule has 1 unspecified atom stereocenters. The zero-order chi connectivity index (χ0) is 15.4. The van der Waals surface area contributed by atoms with Crippen LogP contribution in [0.3, 0.4) is 0 Å². The van der Waals surface area contributed by atoms with Crippen LogP contribution in [-0.4, -0.2) is 56.7 Å². The Balaban J connectivity index is 2.08. The summed E-state index contributed by atoms with van der Waals surface area (Å²) < 4.78 is 5.35. The van der Waals surface area contributed by atoms with E-state index in [9.17, 15) is 0 Å². The Kier molecular flexibility index (Phi) is 5.62. The summed E-state index contributed by atoms with van der Waals surface area (Å²) in [5, 5.41) is 0. The van der Waals surface area contributed by atoms with Gasteiger partial charge >= 0.3 is 0 Å². The molecule has 0 radical (unpaired) electrons. The van der Waals surface area contributed by atoms with E-state index < -0.39 is 0 Å². The van der Waals surface area contributed by atoms with Crippen molar-refractivity contribution in [1.82, 2.24) is 9.80 Å². The Morgan fingerprint density at radius 3 is 2.48 bits per heavy atom. The number of hydrogen-bond acceptors (Lipinski definition) is 4. The summed E-state index contributed by atoms with van der Waals surface area (Å²) in [6.45, 7) is 5.00. The lowest BCUT2D eigenvalue weighted by Gasteiger charge is -2.39. The molecule has 21 heavy (non-hydrogen) atoms. The van der Waals surface area contributed by atoms with Crippen LogP contribution in [0.5, 0.6) is 5.75 Å². The fourth-order valence-electron chi connectivity index (χ4n) is 3.32. The highest BCUT2D eigenvalue weighted by molar-refractivity contribution is 5.37. The molecule has 2 N–H and O–H groups in total. The van der Waals surface area contributed by atoms with Crippen LogP contribution >= 0.6 is 0 Å². The third kappa shape index (κ3) is 3.76.